The highest BCUT2D eigenvalue weighted by Gasteiger charge is 2.41. The van der Waals surface area contributed by atoms with E-state index in [-0.39, 0.29) is 0 Å². The van der Waals surface area contributed by atoms with Crippen LogP contribution in [-0.4, -0.2) is 45.7 Å². The van der Waals surface area contributed by atoms with Crippen LogP contribution in [0, 0.1) is 0 Å². The van der Waals surface area contributed by atoms with E-state index in [1.807, 2.05) is 6.07 Å². The number of benzene rings is 2. The first-order valence-electron chi connectivity index (χ1n) is 9.90. The lowest BCUT2D eigenvalue weighted by Gasteiger charge is -2.33. The maximum absolute atomic E-state index is 11.1. The normalized spacial score (nSPS) is 22.8. The molecule has 0 amide bonds. The zero-order valence-electron chi connectivity index (χ0n) is 16.0. The molecule has 0 spiro atoms. The van der Waals surface area contributed by atoms with E-state index in [1.54, 1.807) is 19.2 Å². The molecule has 2 aromatic rings. The fourth-order valence-corrected chi connectivity index (χ4v) is 4.90. The second-order valence-corrected chi connectivity index (χ2v) is 7.69. The number of methoxy groups -OCH3 is 1. The average molecular weight is 379 g/mol. The third-order valence-electron chi connectivity index (χ3n) is 6.13. The fourth-order valence-electron chi connectivity index (χ4n) is 4.90. The Morgan fingerprint density at radius 3 is 3.11 bits per heavy atom. The van der Waals surface area contributed by atoms with E-state index in [1.165, 1.54) is 23.2 Å². The van der Waals surface area contributed by atoms with Gasteiger partial charge in [0, 0.05) is 47.6 Å². The number of carbonyl (C=O) groups is 1. The molecule has 28 heavy (non-hydrogen) atoms. The monoisotopic (exact) mass is 379 g/mol. The average Bonchev–Trinajstić information content (AvgIpc) is 2.89. The molecular weight excluding hydrogens is 354 g/mol. The molecular formula is C22H25N3O3. The number of hydrogen-bond donors (Lipinski definition) is 2. The minimum Gasteiger partial charge on any atom is -0.495 e. The van der Waals surface area contributed by atoms with Crippen LogP contribution in [0.3, 0.4) is 0 Å². The van der Waals surface area contributed by atoms with Crippen molar-refractivity contribution in [2.45, 2.75) is 25.0 Å². The summed E-state index contributed by atoms with van der Waals surface area (Å²) < 4.78 is 11.4. The maximum Gasteiger partial charge on any atom is 0.150 e. The van der Waals surface area contributed by atoms with Crippen molar-refractivity contribution in [3.63, 3.8) is 0 Å². The van der Waals surface area contributed by atoms with E-state index in [4.69, 9.17) is 9.47 Å². The predicted molar refractivity (Wildman–Crippen MR) is 109 cm³/mol. The van der Waals surface area contributed by atoms with Crippen LogP contribution in [0.4, 0.5) is 17.1 Å². The minimum absolute atomic E-state index is 0.515. The maximum atomic E-state index is 11.1. The number of aldehydes is 1. The Bertz CT molecular complexity index is 914. The van der Waals surface area contributed by atoms with Crippen LogP contribution in [0.15, 0.2) is 30.3 Å². The minimum atomic E-state index is 0.515. The van der Waals surface area contributed by atoms with Crippen LogP contribution < -0.4 is 20.3 Å². The molecule has 2 atom stereocenters. The lowest BCUT2D eigenvalue weighted by Crippen LogP contribution is -2.44. The Kier molecular flexibility index (Phi) is 4.45. The van der Waals surface area contributed by atoms with Gasteiger partial charge in [-0.05, 0) is 48.9 Å². The van der Waals surface area contributed by atoms with Crippen LogP contribution in [-0.2, 0) is 11.3 Å². The molecule has 3 aliphatic heterocycles. The summed E-state index contributed by atoms with van der Waals surface area (Å²) in [6, 6.07) is 10.5. The van der Waals surface area contributed by atoms with E-state index in [2.05, 4.69) is 27.7 Å². The van der Waals surface area contributed by atoms with Crippen LogP contribution in [0.2, 0.25) is 0 Å². The van der Waals surface area contributed by atoms with Crippen molar-refractivity contribution in [2.24, 2.45) is 0 Å². The van der Waals surface area contributed by atoms with Crippen molar-refractivity contribution in [1.29, 1.82) is 0 Å². The zero-order chi connectivity index (χ0) is 19.1. The molecule has 3 heterocycles. The molecule has 6 heteroatoms. The van der Waals surface area contributed by atoms with Crippen LogP contribution >= 0.6 is 0 Å². The fraction of sp³-hybridized carbons (Fsp3) is 0.409. The third kappa shape index (κ3) is 2.84. The van der Waals surface area contributed by atoms with Gasteiger partial charge in [-0.25, -0.2) is 0 Å². The van der Waals surface area contributed by atoms with Crippen LogP contribution in [0.1, 0.15) is 33.8 Å². The highest BCUT2D eigenvalue weighted by atomic mass is 16.5. The summed E-state index contributed by atoms with van der Waals surface area (Å²) in [7, 11) is 1.62. The number of rotatable bonds is 4. The number of nitrogens with zero attached hydrogens (tertiary/aromatic N) is 1. The Labute approximate surface area is 164 Å². The lowest BCUT2D eigenvalue weighted by molar-refractivity contribution is 0.112. The van der Waals surface area contributed by atoms with Crippen molar-refractivity contribution in [1.82, 2.24) is 5.32 Å². The Balaban J connectivity index is 1.55. The van der Waals surface area contributed by atoms with Gasteiger partial charge in [-0.1, -0.05) is 0 Å². The quantitative estimate of drug-likeness (QED) is 0.797. The number of nitrogens with one attached hydrogen (secondary N) is 2. The highest BCUT2D eigenvalue weighted by Crippen LogP contribution is 2.47. The number of piperidine rings is 1. The van der Waals surface area contributed by atoms with Gasteiger partial charge in [0.1, 0.15) is 12.0 Å². The van der Waals surface area contributed by atoms with E-state index in [0.29, 0.717) is 29.9 Å². The molecule has 146 valence electrons. The van der Waals surface area contributed by atoms with Gasteiger partial charge in [0.15, 0.2) is 0 Å². The standard InChI is InChI=1S/C22H25N3O3/c1-27-21-8-14(12-26)2-3-19(21)24-16-9-15-13-28-7-6-25-20-4-5-23-11-18(20)17(10-16)22(15)25/h2-3,8-10,12,18,20,23-24H,4-7,11,13H2,1H3/t18-,20-/m0/s1. The number of ether oxygens (including phenoxy) is 2. The van der Waals surface area contributed by atoms with Crippen molar-refractivity contribution in [3.8, 4) is 5.75 Å². The smallest absolute Gasteiger partial charge is 0.150 e. The van der Waals surface area contributed by atoms with Gasteiger partial charge < -0.3 is 25.0 Å². The second kappa shape index (κ2) is 7.11. The lowest BCUT2D eigenvalue weighted by atomic mass is 9.89. The topological polar surface area (TPSA) is 62.8 Å². The Hall–Kier alpha value is -2.57. The Morgan fingerprint density at radius 2 is 2.25 bits per heavy atom. The first kappa shape index (κ1) is 17.5. The molecule has 1 saturated heterocycles. The van der Waals surface area contributed by atoms with Gasteiger partial charge in [0.2, 0.25) is 0 Å². The summed E-state index contributed by atoms with van der Waals surface area (Å²) in [5, 5.41) is 7.06. The van der Waals surface area contributed by atoms with E-state index in [0.717, 1.165) is 43.9 Å². The summed E-state index contributed by atoms with van der Waals surface area (Å²) in [6.45, 7) is 4.48. The molecule has 2 N–H and O–H groups in total. The molecule has 2 aromatic carbocycles. The summed E-state index contributed by atoms with van der Waals surface area (Å²) in [5.74, 6) is 1.17. The van der Waals surface area contributed by atoms with Gasteiger partial charge in [0.05, 0.1) is 26.0 Å². The van der Waals surface area contributed by atoms with Crippen LogP contribution in [0.25, 0.3) is 0 Å². The first-order valence-corrected chi connectivity index (χ1v) is 9.90. The Morgan fingerprint density at radius 1 is 1.32 bits per heavy atom. The van der Waals surface area contributed by atoms with Gasteiger partial charge >= 0.3 is 0 Å². The van der Waals surface area contributed by atoms with Crippen molar-refractivity contribution in [2.75, 3.05) is 43.6 Å². The van der Waals surface area contributed by atoms with E-state index < -0.39 is 0 Å². The molecule has 0 aliphatic carbocycles. The number of fused-ring (bicyclic) bond motifs is 3. The van der Waals surface area contributed by atoms with Crippen molar-refractivity contribution >= 4 is 23.3 Å². The molecule has 3 aliphatic rings. The zero-order valence-corrected chi connectivity index (χ0v) is 16.0. The molecule has 0 bridgehead atoms. The van der Waals surface area contributed by atoms with E-state index in [9.17, 15) is 4.79 Å². The molecule has 0 aromatic heterocycles. The number of anilines is 3. The van der Waals surface area contributed by atoms with E-state index >= 15 is 0 Å². The van der Waals surface area contributed by atoms with Gasteiger partial charge in [-0.2, -0.15) is 0 Å². The number of carbonyl (C=O) groups excluding carboxylic acids is 1. The molecule has 6 nitrogen and oxygen atoms in total. The van der Waals surface area contributed by atoms with Crippen LogP contribution in [0.5, 0.6) is 5.75 Å². The van der Waals surface area contributed by atoms with Crippen molar-refractivity contribution in [3.05, 3.63) is 47.0 Å². The summed E-state index contributed by atoms with van der Waals surface area (Å²) in [5.41, 5.74) is 6.51. The molecule has 5 rings (SSSR count). The molecule has 1 fully saturated rings. The van der Waals surface area contributed by atoms with Crippen molar-refractivity contribution < 1.29 is 14.3 Å². The summed E-state index contributed by atoms with van der Waals surface area (Å²) in [6.07, 6.45) is 2.00. The molecule has 0 saturated carbocycles. The van der Waals surface area contributed by atoms with Gasteiger partial charge in [0.25, 0.3) is 0 Å². The molecule has 0 unspecified atom stereocenters. The van der Waals surface area contributed by atoms with Gasteiger partial charge in [-0.15, -0.1) is 0 Å². The largest absolute Gasteiger partial charge is 0.495 e. The summed E-state index contributed by atoms with van der Waals surface area (Å²) in [4.78, 5) is 13.6. The SMILES string of the molecule is COc1cc(C=O)ccc1Nc1cc2c3c(c1)[C@@H]1CNCC[C@@H]1N3CCOC2. The number of hydrogen-bond acceptors (Lipinski definition) is 6. The molecule has 0 radical (unpaired) electrons. The second-order valence-electron chi connectivity index (χ2n) is 7.69. The predicted octanol–water partition coefficient (Wildman–Crippen LogP) is 3.05. The highest BCUT2D eigenvalue weighted by molar-refractivity contribution is 5.80. The third-order valence-corrected chi connectivity index (χ3v) is 6.13. The first-order chi connectivity index (χ1) is 13.8. The van der Waals surface area contributed by atoms with Gasteiger partial charge in [-0.3, -0.25) is 4.79 Å². The summed E-state index contributed by atoms with van der Waals surface area (Å²) >= 11 is 0.